The fourth-order valence-corrected chi connectivity index (χ4v) is 4.19. The van der Waals surface area contributed by atoms with Crippen LogP contribution in [0.25, 0.3) is 11.1 Å². The standard InChI is InChI=1S/C32H25N3/c1-34(28-16-12-25(24-33)13-17-28)29-20-22-32(23-21-29)35(30-10-6-3-7-11-30)31-18-14-27(15-19-31)26-8-4-2-5-9-26/h2-23H,1H3. The molecule has 5 aromatic carbocycles. The summed E-state index contributed by atoms with van der Waals surface area (Å²) in [5.74, 6) is 0. The molecule has 0 N–H and O–H groups in total. The summed E-state index contributed by atoms with van der Waals surface area (Å²) in [6.07, 6.45) is 0. The molecule has 35 heavy (non-hydrogen) atoms. The number of hydrogen-bond donors (Lipinski definition) is 0. The van der Waals surface area contributed by atoms with Gasteiger partial charge in [-0.2, -0.15) is 5.26 Å². The Morgan fingerprint density at radius 2 is 0.857 bits per heavy atom. The van der Waals surface area contributed by atoms with Crippen molar-refractivity contribution in [1.29, 1.82) is 5.26 Å². The summed E-state index contributed by atoms with van der Waals surface area (Å²) in [7, 11) is 2.04. The summed E-state index contributed by atoms with van der Waals surface area (Å²) in [6, 6.07) is 47.9. The Kier molecular flexibility index (Phi) is 6.28. The van der Waals surface area contributed by atoms with Gasteiger partial charge in [0.05, 0.1) is 11.6 Å². The first-order valence-corrected chi connectivity index (χ1v) is 11.6. The van der Waals surface area contributed by atoms with E-state index >= 15 is 0 Å². The molecule has 0 atom stereocenters. The minimum atomic E-state index is 0.661. The Balaban J connectivity index is 1.46. The average Bonchev–Trinajstić information content (AvgIpc) is 2.95. The van der Waals surface area contributed by atoms with Crippen molar-refractivity contribution >= 4 is 28.4 Å². The number of nitriles is 1. The van der Waals surface area contributed by atoms with Gasteiger partial charge in [0.1, 0.15) is 0 Å². The number of para-hydroxylation sites is 1. The van der Waals surface area contributed by atoms with E-state index < -0.39 is 0 Å². The summed E-state index contributed by atoms with van der Waals surface area (Å²) in [5, 5.41) is 9.06. The Morgan fingerprint density at radius 3 is 1.40 bits per heavy atom. The van der Waals surface area contributed by atoms with Gasteiger partial charge in [0.15, 0.2) is 0 Å². The van der Waals surface area contributed by atoms with Crippen LogP contribution in [0.1, 0.15) is 5.56 Å². The van der Waals surface area contributed by atoms with Gasteiger partial charge in [0, 0.05) is 35.5 Å². The first kappa shape index (κ1) is 22.0. The highest BCUT2D eigenvalue weighted by atomic mass is 15.1. The average molecular weight is 452 g/mol. The lowest BCUT2D eigenvalue weighted by Crippen LogP contribution is -2.11. The van der Waals surface area contributed by atoms with E-state index in [4.69, 9.17) is 5.26 Å². The third kappa shape index (κ3) is 4.78. The van der Waals surface area contributed by atoms with Crippen LogP contribution >= 0.6 is 0 Å². The highest BCUT2D eigenvalue weighted by molar-refractivity contribution is 5.79. The van der Waals surface area contributed by atoms with Crippen LogP contribution in [0.2, 0.25) is 0 Å². The van der Waals surface area contributed by atoms with Gasteiger partial charge in [-0.25, -0.2) is 0 Å². The van der Waals surface area contributed by atoms with Crippen LogP contribution in [0, 0.1) is 11.3 Å². The molecule has 0 amide bonds. The molecule has 0 saturated heterocycles. The molecule has 5 aromatic rings. The molecule has 0 bridgehead atoms. The fourth-order valence-electron chi connectivity index (χ4n) is 4.19. The highest BCUT2D eigenvalue weighted by Gasteiger charge is 2.13. The predicted molar refractivity (Wildman–Crippen MR) is 146 cm³/mol. The predicted octanol–water partition coefficient (Wildman–Crippen LogP) is 8.46. The molecule has 3 heteroatoms. The monoisotopic (exact) mass is 451 g/mol. The lowest BCUT2D eigenvalue weighted by Gasteiger charge is -2.27. The van der Waals surface area contributed by atoms with Crippen LogP contribution in [0.5, 0.6) is 0 Å². The molecule has 0 radical (unpaired) electrons. The van der Waals surface area contributed by atoms with Gasteiger partial charge >= 0.3 is 0 Å². The normalized spacial score (nSPS) is 10.4. The molecule has 5 rings (SSSR count). The number of benzene rings is 5. The zero-order chi connectivity index (χ0) is 24.0. The molecule has 0 aliphatic rings. The van der Waals surface area contributed by atoms with Crippen molar-refractivity contribution in [1.82, 2.24) is 0 Å². The lowest BCUT2D eigenvalue weighted by atomic mass is 10.0. The topological polar surface area (TPSA) is 30.3 Å². The van der Waals surface area contributed by atoms with Gasteiger partial charge < -0.3 is 9.80 Å². The minimum Gasteiger partial charge on any atom is -0.345 e. The summed E-state index contributed by atoms with van der Waals surface area (Å²) in [5.41, 5.74) is 8.47. The van der Waals surface area contributed by atoms with E-state index in [1.54, 1.807) is 0 Å². The Labute approximate surface area is 206 Å². The van der Waals surface area contributed by atoms with Crippen LogP contribution in [-0.2, 0) is 0 Å². The molecule has 0 fully saturated rings. The molecule has 0 spiro atoms. The third-order valence-electron chi connectivity index (χ3n) is 6.13. The van der Waals surface area contributed by atoms with Gasteiger partial charge in [0.25, 0.3) is 0 Å². The quantitative estimate of drug-likeness (QED) is 0.259. The molecule has 0 aliphatic heterocycles. The maximum atomic E-state index is 9.06. The number of nitrogens with zero attached hydrogens (tertiary/aromatic N) is 3. The molecular weight excluding hydrogens is 426 g/mol. The van der Waals surface area contributed by atoms with E-state index in [-0.39, 0.29) is 0 Å². The molecule has 0 saturated carbocycles. The second-order valence-electron chi connectivity index (χ2n) is 8.32. The summed E-state index contributed by atoms with van der Waals surface area (Å²) in [4.78, 5) is 4.38. The first-order chi connectivity index (χ1) is 17.2. The fraction of sp³-hybridized carbons (Fsp3) is 0.0312. The highest BCUT2D eigenvalue weighted by Crippen LogP contribution is 2.36. The lowest BCUT2D eigenvalue weighted by molar-refractivity contribution is 1.20. The third-order valence-corrected chi connectivity index (χ3v) is 6.13. The van der Waals surface area contributed by atoms with E-state index in [9.17, 15) is 0 Å². The maximum absolute atomic E-state index is 9.06. The summed E-state index contributed by atoms with van der Waals surface area (Å²) < 4.78 is 0. The van der Waals surface area contributed by atoms with Crippen molar-refractivity contribution in [2.45, 2.75) is 0 Å². The van der Waals surface area contributed by atoms with Crippen LogP contribution in [0.4, 0.5) is 28.4 Å². The van der Waals surface area contributed by atoms with Gasteiger partial charge in [-0.15, -0.1) is 0 Å². The molecule has 0 aromatic heterocycles. The zero-order valence-corrected chi connectivity index (χ0v) is 19.5. The van der Waals surface area contributed by atoms with Crippen molar-refractivity contribution in [3.63, 3.8) is 0 Å². The van der Waals surface area contributed by atoms with Gasteiger partial charge in [-0.05, 0) is 83.9 Å². The molecule has 168 valence electrons. The smallest absolute Gasteiger partial charge is 0.0991 e. The van der Waals surface area contributed by atoms with Crippen molar-refractivity contribution in [2.75, 3.05) is 16.8 Å². The van der Waals surface area contributed by atoms with E-state index in [0.29, 0.717) is 5.56 Å². The zero-order valence-electron chi connectivity index (χ0n) is 19.5. The van der Waals surface area contributed by atoms with E-state index in [1.165, 1.54) is 11.1 Å². The number of anilines is 5. The van der Waals surface area contributed by atoms with Crippen LogP contribution < -0.4 is 9.80 Å². The first-order valence-electron chi connectivity index (χ1n) is 11.6. The second-order valence-corrected chi connectivity index (χ2v) is 8.32. The van der Waals surface area contributed by atoms with Crippen molar-refractivity contribution in [2.24, 2.45) is 0 Å². The van der Waals surface area contributed by atoms with Crippen LogP contribution in [0.15, 0.2) is 133 Å². The molecule has 0 heterocycles. The second kappa shape index (κ2) is 9.99. The van der Waals surface area contributed by atoms with E-state index in [1.807, 2.05) is 43.4 Å². The molecular formula is C32H25N3. The van der Waals surface area contributed by atoms with Crippen molar-refractivity contribution < 1.29 is 0 Å². The Bertz CT molecular complexity index is 1420. The Hall–Kier alpha value is -4.81. The Morgan fingerprint density at radius 1 is 0.457 bits per heavy atom. The molecule has 0 unspecified atom stereocenters. The van der Waals surface area contributed by atoms with Crippen LogP contribution in [-0.4, -0.2) is 7.05 Å². The molecule has 0 aliphatic carbocycles. The van der Waals surface area contributed by atoms with E-state index in [2.05, 4.69) is 113 Å². The summed E-state index contributed by atoms with van der Waals surface area (Å²) in [6.45, 7) is 0. The van der Waals surface area contributed by atoms with E-state index in [0.717, 1.165) is 28.4 Å². The maximum Gasteiger partial charge on any atom is 0.0991 e. The van der Waals surface area contributed by atoms with Crippen molar-refractivity contribution in [3.05, 3.63) is 139 Å². The largest absolute Gasteiger partial charge is 0.345 e. The number of hydrogen-bond acceptors (Lipinski definition) is 3. The SMILES string of the molecule is CN(c1ccc(C#N)cc1)c1ccc(N(c2ccccc2)c2ccc(-c3ccccc3)cc2)cc1. The van der Waals surface area contributed by atoms with Gasteiger partial charge in [-0.1, -0.05) is 60.7 Å². The summed E-state index contributed by atoms with van der Waals surface area (Å²) >= 11 is 0. The molecule has 3 nitrogen and oxygen atoms in total. The van der Waals surface area contributed by atoms with Gasteiger partial charge in [-0.3, -0.25) is 0 Å². The minimum absolute atomic E-state index is 0.661. The van der Waals surface area contributed by atoms with Crippen molar-refractivity contribution in [3.8, 4) is 17.2 Å². The van der Waals surface area contributed by atoms with Gasteiger partial charge in [0.2, 0.25) is 0 Å². The van der Waals surface area contributed by atoms with Crippen LogP contribution in [0.3, 0.4) is 0 Å². The number of rotatable bonds is 6.